The number of pyridine rings is 2. The van der Waals surface area contributed by atoms with Gasteiger partial charge in [-0.15, -0.1) is 4.40 Å². The molecule has 152 valence electrons. The third-order valence-corrected chi connectivity index (χ3v) is 5.90. The Hall–Kier alpha value is -2.88. The van der Waals surface area contributed by atoms with Crippen molar-refractivity contribution in [2.75, 3.05) is 5.32 Å². The van der Waals surface area contributed by atoms with Crippen LogP contribution in [-0.2, 0) is 6.54 Å². The molecule has 2 aromatic heterocycles. The maximum Gasteiger partial charge on any atom is 0.267 e. The molecule has 3 aromatic rings. The van der Waals surface area contributed by atoms with Crippen LogP contribution in [0.1, 0.15) is 26.3 Å². The maximum atomic E-state index is 13.4. The lowest BCUT2D eigenvalue weighted by Crippen LogP contribution is -2.34. The summed E-state index contributed by atoms with van der Waals surface area (Å²) in [4.78, 5) is 17.9. The molecule has 0 spiro atoms. The lowest BCUT2D eigenvalue weighted by Gasteiger charge is -2.34. The van der Waals surface area contributed by atoms with Gasteiger partial charge in [0.1, 0.15) is 21.9 Å². The predicted molar refractivity (Wildman–Crippen MR) is 115 cm³/mol. The first-order chi connectivity index (χ1) is 13.6. The van der Waals surface area contributed by atoms with Crippen LogP contribution in [0.5, 0.6) is 5.75 Å². The Labute approximate surface area is 169 Å². The number of nitrogens with one attached hydrogen (secondary N) is 1. The molecule has 0 saturated heterocycles. The van der Waals surface area contributed by atoms with Gasteiger partial charge in [-0.2, -0.15) is 0 Å². The molecule has 0 radical (unpaired) electrons. The Morgan fingerprint density at radius 1 is 1.14 bits per heavy atom. The second kappa shape index (κ2) is 6.58. The van der Waals surface area contributed by atoms with Crippen LogP contribution in [0.2, 0.25) is 0 Å². The van der Waals surface area contributed by atoms with E-state index in [1.165, 1.54) is 4.57 Å². The maximum absolute atomic E-state index is 13.4. The topological polar surface area (TPSA) is 120 Å². The second-order valence-corrected chi connectivity index (χ2v) is 9.79. The number of aromatic nitrogens is 2. The lowest BCUT2D eigenvalue weighted by atomic mass is 9.96. The smallest absolute Gasteiger partial charge is 0.267 e. The molecule has 0 atom stereocenters. The number of hydrogen-bond donors (Lipinski definition) is 4. The summed E-state index contributed by atoms with van der Waals surface area (Å²) in [6.07, 6.45) is 1.56. The predicted octanol–water partition coefficient (Wildman–Crippen LogP) is 4.05. The molecular formula is C20H22N4O4S. The Balaban J connectivity index is 2.00. The molecule has 1 aliphatic heterocycles. The fraction of sp³-hybridized carbons (Fsp3) is 0.250. The van der Waals surface area contributed by atoms with Crippen molar-refractivity contribution in [1.82, 2.24) is 9.55 Å². The van der Waals surface area contributed by atoms with Gasteiger partial charge >= 0.3 is 0 Å². The monoisotopic (exact) mass is 414 g/mol. The summed E-state index contributed by atoms with van der Waals surface area (Å²) in [6, 6.07) is 9.94. The minimum Gasteiger partial charge on any atom is -0.506 e. The van der Waals surface area contributed by atoms with E-state index in [2.05, 4.69) is 14.7 Å². The highest BCUT2D eigenvalue weighted by Crippen LogP contribution is 2.55. The SMILES string of the molecule is CC(C)(C)Cn1c(=O)c(C2=NS(O)(O)c3ccccc3N2)c(O)c2cccnc21. The molecule has 0 unspecified atom stereocenters. The Morgan fingerprint density at radius 3 is 2.59 bits per heavy atom. The van der Waals surface area contributed by atoms with E-state index in [4.69, 9.17) is 0 Å². The first kappa shape index (κ1) is 19.4. The summed E-state index contributed by atoms with van der Waals surface area (Å²) in [6.45, 7) is 6.32. The van der Waals surface area contributed by atoms with E-state index in [0.717, 1.165) is 0 Å². The van der Waals surface area contributed by atoms with Gasteiger partial charge in [-0.1, -0.05) is 43.7 Å². The zero-order chi connectivity index (χ0) is 21.0. The van der Waals surface area contributed by atoms with Crippen molar-refractivity contribution < 1.29 is 14.2 Å². The number of aromatic hydroxyl groups is 1. The minimum atomic E-state index is -3.52. The van der Waals surface area contributed by atoms with Crippen LogP contribution < -0.4 is 10.9 Å². The highest BCUT2D eigenvalue weighted by Gasteiger charge is 2.30. The van der Waals surface area contributed by atoms with Crippen LogP contribution in [0.15, 0.2) is 56.7 Å². The summed E-state index contributed by atoms with van der Waals surface area (Å²) >= 11 is 0. The molecule has 0 aliphatic carbocycles. The quantitative estimate of drug-likeness (QED) is 0.502. The largest absolute Gasteiger partial charge is 0.506 e. The van der Waals surface area contributed by atoms with E-state index in [1.54, 1.807) is 42.6 Å². The van der Waals surface area contributed by atoms with Crippen LogP contribution in [0.25, 0.3) is 11.0 Å². The number of para-hydroxylation sites is 1. The van der Waals surface area contributed by atoms with Crippen molar-refractivity contribution in [2.45, 2.75) is 32.2 Å². The first-order valence-electron chi connectivity index (χ1n) is 9.03. The molecule has 29 heavy (non-hydrogen) atoms. The normalized spacial score (nSPS) is 16.7. The number of rotatable bonds is 2. The van der Waals surface area contributed by atoms with E-state index in [9.17, 15) is 19.0 Å². The van der Waals surface area contributed by atoms with Gasteiger partial charge in [0.2, 0.25) is 0 Å². The summed E-state index contributed by atoms with van der Waals surface area (Å²) in [5.41, 5.74) is -0.0874. The van der Waals surface area contributed by atoms with Gasteiger partial charge in [0.05, 0.1) is 11.1 Å². The summed E-state index contributed by atoms with van der Waals surface area (Å²) in [5.74, 6) is -0.385. The van der Waals surface area contributed by atoms with Gasteiger partial charge in [0, 0.05) is 12.7 Å². The van der Waals surface area contributed by atoms with Crippen molar-refractivity contribution in [1.29, 1.82) is 0 Å². The highest BCUT2D eigenvalue weighted by molar-refractivity contribution is 8.23. The molecular weight excluding hydrogens is 392 g/mol. The molecule has 3 heterocycles. The van der Waals surface area contributed by atoms with Crippen molar-refractivity contribution >= 4 is 33.3 Å². The number of nitrogens with zero attached hydrogens (tertiary/aromatic N) is 3. The Morgan fingerprint density at radius 2 is 1.86 bits per heavy atom. The number of fused-ring (bicyclic) bond motifs is 2. The molecule has 1 aliphatic rings. The van der Waals surface area contributed by atoms with Gasteiger partial charge in [-0.05, 0) is 29.7 Å². The van der Waals surface area contributed by atoms with Crippen LogP contribution in [0.4, 0.5) is 5.69 Å². The molecule has 4 rings (SSSR count). The Kier molecular flexibility index (Phi) is 4.41. The molecule has 9 heteroatoms. The van der Waals surface area contributed by atoms with Gasteiger partial charge in [-0.25, -0.2) is 4.98 Å². The highest BCUT2D eigenvalue weighted by atomic mass is 32.3. The average Bonchev–Trinajstić information content (AvgIpc) is 2.64. The zero-order valence-corrected chi connectivity index (χ0v) is 17.1. The number of amidine groups is 1. The summed E-state index contributed by atoms with van der Waals surface area (Å²) < 4.78 is 26.5. The average molecular weight is 414 g/mol. The summed E-state index contributed by atoms with van der Waals surface area (Å²) in [5, 5.41) is 14.2. The molecule has 4 N–H and O–H groups in total. The molecule has 0 amide bonds. The third kappa shape index (κ3) is 3.37. The van der Waals surface area contributed by atoms with E-state index in [1.807, 2.05) is 20.8 Å². The van der Waals surface area contributed by atoms with Crippen LogP contribution >= 0.6 is 10.8 Å². The molecule has 1 aromatic carbocycles. The lowest BCUT2D eigenvalue weighted by molar-refractivity contribution is 0.342. The number of benzene rings is 1. The van der Waals surface area contributed by atoms with Crippen molar-refractivity contribution in [3.63, 3.8) is 0 Å². The van der Waals surface area contributed by atoms with Gasteiger partial charge < -0.3 is 10.4 Å². The van der Waals surface area contributed by atoms with E-state index in [-0.39, 0.29) is 27.5 Å². The van der Waals surface area contributed by atoms with Gasteiger partial charge in [0.25, 0.3) is 5.56 Å². The second-order valence-electron chi connectivity index (χ2n) is 8.13. The fourth-order valence-corrected chi connectivity index (χ4v) is 4.51. The van der Waals surface area contributed by atoms with Crippen LogP contribution in [0.3, 0.4) is 0 Å². The molecule has 8 nitrogen and oxygen atoms in total. The molecule has 0 fully saturated rings. The third-order valence-electron chi connectivity index (χ3n) is 4.52. The van der Waals surface area contributed by atoms with E-state index in [0.29, 0.717) is 23.3 Å². The number of hydrogen-bond acceptors (Lipinski definition) is 7. The standard InChI is InChI=1S/C20H22N4O4S/c1-20(2,3)11-24-18-12(7-6-10-21-18)16(25)15(19(24)26)17-22-13-8-4-5-9-14(13)29(27,28)23-17/h4-10,25,27-28H,11H2,1-3H3,(H,22,23). The number of anilines is 1. The fourth-order valence-electron chi connectivity index (χ4n) is 3.34. The van der Waals surface area contributed by atoms with Crippen LogP contribution in [-0.4, -0.2) is 29.6 Å². The molecule has 0 bridgehead atoms. The van der Waals surface area contributed by atoms with E-state index >= 15 is 0 Å². The van der Waals surface area contributed by atoms with Gasteiger partial charge in [0.15, 0.2) is 5.84 Å². The van der Waals surface area contributed by atoms with Crippen molar-refractivity contribution in [3.8, 4) is 5.75 Å². The summed E-state index contributed by atoms with van der Waals surface area (Å²) in [7, 11) is -3.52. The zero-order valence-electron chi connectivity index (χ0n) is 16.2. The minimum absolute atomic E-state index is 0.0837. The first-order valence-corrected chi connectivity index (χ1v) is 10.5. The van der Waals surface area contributed by atoms with Crippen LogP contribution in [0, 0.1) is 5.41 Å². The van der Waals surface area contributed by atoms with Crippen molar-refractivity contribution in [2.24, 2.45) is 9.81 Å². The Bertz CT molecular complexity index is 1210. The van der Waals surface area contributed by atoms with Gasteiger partial charge in [-0.3, -0.25) is 18.5 Å². The van der Waals surface area contributed by atoms with E-state index < -0.39 is 16.3 Å². The van der Waals surface area contributed by atoms with Crippen molar-refractivity contribution in [3.05, 3.63) is 58.5 Å². The molecule has 0 saturated carbocycles.